The van der Waals surface area contributed by atoms with E-state index in [0.29, 0.717) is 11.5 Å². The van der Waals surface area contributed by atoms with Crippen molar-refractivity contribution in [1.29, 1.82) is 0 Å². The second-order valence-electron chi connectivity index (χ2n) is 17.4. The smallest absolute Gasteiger partial charge is 0.414 e. The molecule has 4 aliphatic rings. The number of unbranched alkanes of at least 4 members (excludes halogenated alkanes) is 2. The number of benzene rings is 2. The Kier molecular flexibility index (Phi) is 22.2. The zero-order valence-electron chi connectivity index (χ0n) is 38.2. The van der Waals surface area contributed by atoms with Crippen molar-refractivity contribution in [3.05, 3.63) is 65.1 Å². The molecule has 0 aliphatic carbocycles. The second-order valence-corrected chi connectivity index (χ2v) is 17.4. The molecule has 0 spiro atoms. The summed E-state index contributed by atoms with van der Waals surface area (Å²) in [7, 11) is 0. The van der Waals surface area contributed by atoms with Crippen molar-refractivity contribution in [2.45, 2.75) is 143 Å². The van der Waals surface area contributed by atoms with Gasteiger partial charge in [-0.1, -0.05) is 12.1 Å². The molecule has 2 unspecified atom stereocenters. The average Bonchev–Trinajstić information content (AvgIpc) is 3.64. The van der Waals surface area contributed by atoms with Crippen LogP contribution in [0.3, 0.4) is 0 Å². The number of hydrogen-bond acceptors (Lipinski definition) is 8. The van der Waals surface area contributed by atoms with Gasteiger partial charge in [0.25, 0.3) is 0 Å². The third kappa shape index (κ3) is 15.5. The number of aryl methyl sites for hydroxylation is 4. The van der Waals surface area contributed by atoms with E-state index >= 15 is 0 Å². The number of carboxylic acids is 2. The summed E-state index contributed by atoms with van der Waals surface area (Å²) in [5.41, 5.74) is 5.87. The molecule has 12 nitrogen and oxygen atoms in total. The molecule has 0 bridgehead atoms. The minimum atomic E-state index is -1.82. The Balaban J connectivity index is 0.00000119. The molecule has 0 amide bonds. The minimum absolute atomic E-state index is 0. The number of rotatable bonds is 15. The van der Waals surface area contributed by atoms with Crippen LogP contribution in [0.4, 0.5) is 0 Å². The van der Waals surface area contributed by atoms with Crippen molar-refractivity contribution < 1.29 is 55.9 Å². The van der Waals surface area contributed by atoms with Gasteiger partial charge in [0, 0.05) is 66.0 Å². The number of carbonyl (C=O) groups is 2. The maximum absolute atomic E-state index is 10.9. The van der Waals surface area contributed by atoms with Gasteiger partial charge in [0.05, 0.1) is 64.4 Å². The summed E-state index contributed by atoms with van der Waals surface area (Å²) in [4.78, 5) is 33.2. The van der Waals surface area contributed by atoms with Gasteiger partial charge in [0.15, 0.2) is 0 Å². The molecule has 4 heterocycles. The molecule has 1 radical (unpaired) electrons. The summed E-state index contributed by atoms with van der Waals surface area (Å²) in [6.45, 7) is 17.8. The van der Waals surface area contributed by atoms with E-state index in [0.717, 1.165) is 61.0 Å². The van der Waals surface area contributed by atoms with Gasteiger partial charge >= 0.3 is 11.9 Å². The van der Waals surface area contributed by atoms with Gasteiger partial charge in [-0.15, -0.1) is 0 Å². The Morgan fingerprint density at radius 1 is 0.629 bits per heavy atom. The Morgan fingerprint density at radius 2 is 1.02 bits per heavy atom. The molecule has 0 aromatic heterocycles. The van der Waals surface area contributed by atoms with Crippen molar-refractivity contribution in [3.63, 3.8) is 0 Å². The molecule has 0 fully saturated rings. The third-order valence-corrected chi connectivity index (χ3v) is 12.7. The van der Waals surface area contributed by atoms with Crippen molar-refractivity contribution in [3.8, 4) is 11.5 Å². The Labute approximate surface area is 381 Å². The van der Waals surface area contributed by atoms with Crippen molar-refractivity contribution in [1.82, 2.24) is 9.80 Å². The molecular weight excluding hydrogens is 828 g/mol. The van der Waals surface area contributed by atoms with Gasteiger partial charge in [-0.3, -0.25) is 28.9 Å². The molecule has 4 aliphatic heterocycles. The van der Waals surface area contributed by atoms with E-state index in [9.17, 15) is 10.2 Å². The first-order valence-electron chi connectivity index (χ1n) is 22.8. The van der Waals surface area contributed by atoms with Gasteiger partial charge < -0.3 is 27.9 Å². The quantitative estimate of drug-likeness (QED) is 0.0468. The van der Waals surface area contributed by atoms with E-state index in [1.165, 1.54) is 127 Å². The van der Waals surface area contributed by atoms with E-state index in [4.69, 9.17) is 29.8 Å². The zero-order chi connectivity index (χ0) is 43.0. The molecule has 0 saturated heterocycles. The number of aliphatic imine (C=N–C) groups is 2. The summed E-state index contributed by atoms with van der Waals surface area (Å²) >= 11 is 0. The number of nitrogens with zero attached hydrogens (tertiary/aromatic N) is 6. The van der Waals surface area contributed by atoms with Crippen LogP contribution in [0, 0.1) is 21.3 Å². The van der Waals surface area contributed by atoms with Crippen LogP contribution in [0.2, 0.25) is 0 Å². The van der Waals surface area contributed by atoms with E-state index in [1.54, 1.807) is 11.7 Å². The first kappa shape index (κ1) is 52.1. The normalized spacial score (nSPS) is 17.8. The monoisotopic (exact) mass is 903 g/mol. The predicted octanol–water partition coefficient (Wildman–Crippen LogP) is 7.66. The first-order chi connectivity index (χ1) is 28.9. The van der Waals surface area contributed by atoms with Crippen LogP contribution in [0.25, 0.3) is 0 Å². The Bertz CT molecular complexity index is 1780. The molecule has 345 valence electrons. The van der Waals surface area contributed by atoms with E-state index in [-0.39, 0.29) is 36.3 Å². The zero-order valence-corrected chi connectivity index (χ0v) is 39.3. The number of hydrogen-bond donors (Lipinski definition) is 4. The number of aromatic hydroxyl groups is 2. The Hall–Kier alpha value is -4.23. The third-order valence-electron chi connectivity index (χ3n) is 12.7. The van der Waals surface area contributed by atoms with Crippen LogP contribution >= 0.6 is 0 Å². The maximum Gasteiger partial charge on any atom is 0.414 e. The number of phenols is 2. The summed E-state index contributed by atoms with van der Waals surface area (Å²) in [5, 5.41) is 36.6. The number of carboxylic acid groups (broad SMARTS) is 2. The molecule has 4 N–H and O–H groups in total. The van der Waals surface area contributed by atoms with Gasteiger partial charge in [0.1, 0.15) is 11.5 Å². The van der Waals surface area contributed by atoms with Crippen molar-refractivity contribution >= 4 is 36.0 Å². The van der Waals surface area contributed by atoms with Crippen LogP contribution in [-0.4, -0.2) is 140 Å². The molecular formula is C49H75CoN6O6+. The van der Waals surface area contributed by atoms with Crippen molar-refractivity contribution in [2.75, 3.05) is 52.4 Å². The van der Waals surface area contributed by atoms with E-state index in [1.807, 2.05) is 26.3 Å². The van der Waals surface area contributed by atoms with Gasteiger partial charge in [-0.2, -0.15) is 0 Å². The molecule has 6 rings (SSSR count). The summed E-state index contributed by atoms with van der Waals surface area (Å²) in [6.07, 6.45) is 23.4. The number of amidine groups is 2. The Morgan fingerprint density at radius 3 is 1.40 bits per heavy atom. The summed E-state index contributed by atoms with van der Waals surface area (Å²) in [5.74, 6) is 0.171. The number of aliphatic carboxylic acids is 2. The minimum Gasteiger partial charge on any atom is -0.507 e. The number of phenolic OH excluding ortho intramolecular Hbond substituents is 2. The summed E-state index contributed by atoms with van der Waals surface area (Å²) in [6, 6.07) is 8.31. The van der Waals surface area contributed by atoms with Gasteiger partial charge in [0.2, 0.25) is 11.7 Å². The fourth-order valence-electron chi connectivity index (χ4n) is 9.10. The van der Waals surface area contributed by atoms with Gasteiger partial charge in [-0.05, 0) is 139 Å². The molecule has 2 atom stereocenters. The average molecular weight is 903 g/mol. The van der Waals surface area contributed by atoms with E-state index in [2.05, 4.69) is 57.1 Å². The van der Waals surface area contributed by atoms with Crippen LogP contribution < -0.4 is 0 Å². The summed E-state index contributed by atoms with van der Waals surface area (Å²) < 4.78 is 5.31. The molecule has 2 aromatic carbocycles. The standard InChI is InChI=1S/C46H68N6O2.C2H2O4.CH3.Co/c1-35-29-39(17-9-13-23-51-27-15-25-49-21-11-5-7-19-43(49)51)31-41(45(35)53)33-47-37(3)38(4)48-34-42-32-40(30-36(2)46(42)54)18-10-14-24-52-28-16-26-50-22-12-6-8-20-44(50)52;3-1(4)2(5)6;;/h29-34,37-38H,5-28H2,1-4H3;(H,3,4)(H,5,6);1H3;/q;;-1;/p+2. The van der Waals surface area contributed by atoms with E-state index < -0.39 is 11.9 Å². The van der Waals surface area contributed by atoms with Crippen LogP contribution in [0.15, 0.2) is 34.3 Å². The molecule has 2 aromatic rings. The molecule has 0 saturated carbocycles. The van der Waals surface area contributed by atoms with Gasteiger partial charge in [-0.25, -0.2) is 9.59 Å². The predicted molar refractivity (Wildman–Crippen MR) is 247 cm³/mol. The van der Waals surface area contributed by atoms with Crippen LogP contribution in [-0.2, 0) is 39.2 Å². The fraction of sp³-hybridized carbons (Fsp3) is 0.612. The SMILES string of the molecule is Cc1cc(CCCCN2CCC[N+]3=C2CCCCC3)cc(C=NC(C)C(C)N=Cc2cc(CCCCN3CCC[N+]4=C3CCCCC4)cc(C)c2O)c1O.O=C(O)C(=O)O.[CH3-].[Co]. The fourth-order valence-corrected chi connectivity index (χ4v) is 9.10. The second kappa shape index (κ2) is 26.4. The largest absolute Gasteiger partial charge is 0.507 e. The van der Waals surface area contributed by atoms with Crippen LogP contribution in [0.1, 0.15) is 137 Å². The first-order valence-corrected chi connectivity index (χ1v) is 22.8. The maximum atomic E-state index is 10.9. The molecule has 62 heavy (non-hydrogen) atoms. The van der Waals surface area contributed by atoms with Crippen LogP contribution in [0.5, 0.6) is 11.5 Å². The van der Waals surface area contributed by atoms with Crippen molar-refractivity contribution in [2.24, 2.45) is 9.98 Å². The molecule has 13 heteroatoms. The topological polar surface area (TPSA) is 152 Å².